The minimum absolute atomic E-state index is 0.00439. The Morgan fingerprint density at radius 3 is 2.38 bits per heavy atom. The Labute approximate surface area is 210 Å². The highest BCUT2D eigenvalue weighted by Crippen LogP contribution is 2.49. The highest BCUT2D eigenvalue weighted by molar-refractivity contribution is 6.04. The van der Waals surface area contributed by atoms with Crippen LogP contribution in [0.15, 0.2) is 48.8 Å². The van der Waals surface area contributed by atoms with Gasteiger partial charge in [-0.2, -0.15) is 5.10 Å². The highest BCUT2D eigenvalue weighted by atomic mass is 19.4. The lowest BCUT2D eigenvalue weighted by Gasteiger charge is -2.18. The normalized spacial score (nSPS) is 14.4. The van der Waals surface area contributed by atoms with Crippen LogP contribution >= 0.6 is 0 Å². The van der Waals surface area contributed by atoms with Gasteiger partial charge in [0.1, 0.15) is 11.6 Å². The molecule has 11 heteroatoms. The summed E-state index contributed by atoms with van der Waals surface area (Å²) in [6.45, 7) is 5.50. The van der Waals surface area contributed by atoms with Crippen LogP contribution in [-0.4, -0.2) is 34.6 Å². The summed E-state index contributed by atoms with van der Waals surface area (Å²) < 4.78 is 63.3. The Morgan fingerprint density at radius 2 is 1.84 bits per heavy atom. The number of carbonyl (C=O) groups is 2. The van der Waals surface area contributed by atoms with E-state index in [-0.39, 0.29) is 29.5 Å². The monoisotopic (exact) mass is 519 g/mol. The van der Waals surface area contributed by atoms with Gasteiger partial charge >= 0.3 is 12.3 Å². The van der Waals surface area contributed by atoms with E-state index in [2.05, 4.69) is 15.2 Å². The molecule has 1 saturated carbocycles. The molecule has 0 saturated heterocycles. The Morgan fingerprint density at radius 1 is 1.16 bits per heavy atom. The number of nitrogens with zero attached hydrogens (tertiary/aromatic N) is 2. The molecule has 0 aliphatic heterocycles. The number of alkyl halides is 3. The van der Waals surface area contributed by atoms with Crippen LogP contribution in [0.5, 0.6) is 5.75 Å². The van der Waals surface area contributed by atoms with Gasteiger partial charge in [0.25, 0.3) is 0 Å². The lowest BCUT2D eigenvalue weighted by Crippen LogP contribution is -2.28. The summed E-state index contributed by atoms with van der Waals surface area (Å²) in [5.41, 5.74) is -0.109. The summed E-state index contributed by atoms with van der Waals surface area (Å²) in [7, 11) is 0. The van der Waals surface area contributed by atoms with Gasteiger partial charge in [-0.05, 0) is 63.4 Å². The number of esters is 1. The molecular weight excluding hydrogens is 494 g/mol. The van der Waals surface area contributed by atoms with Crippen molar-refractivity contribution in [1.82, 2.24) is 9.78 Å². The SMILES string of the molecule is CCOC(=O)c1cc(NC(=O)C2(c3ccc(OC(F)(F)F)cc3)CC2)cc(F)c1-c1cnn(C(C)C)c1. The Bertz CT molecular complexity index is 1310. The number of hydrogen-bond donors (Lipinski definition) is 1. The second kappa shape index (κ2) is 9.87. The molecule has 1 N–H and O–H groups in total. The Hall–Kier alpha value is -3.89. The third-order valence-corrected chi connectivity index (χ3v) is 6.09. The van der Waals surface area contributed by atoms with E-state index in [4.69, 9.17) is 4.74 Å². The molecule has 3 aromatic rings. The lowest BCUT2D eigenvalue weighted by atomic mass is 9.94. The summed E-state index contributed by atoms with van der Waals surface area (Å²) in [5.74, 6) is -2.37. The number of hydrogen-bond acceptors (Lipinski definition) is 5. The zero-order chi connectivity index (χ0) is 27.0. The molecule has 0 bridgehead atoms. The van der Waals surface area contributed by atoms with Gasteiger partial charge in [0.15, 0.2) is 0 Å². The molecule has 0 spiro atoms. The first-order valence-electron chi connectivity index (χ1n) is 11.7. The zero-order valence-corrected chi connectivity index (χ0v) is 20.4. The van der Waals surface area contributed by atoms with Crippen molar-refractivity contribution in [3.63, 3.8) is 0 Å². The second-order valence-electron chi connectivity index (χ2n) is 9.01. The van der Waals surface area contributed by atoms with Crippen molar-refractivity contribution in [1.29, 1.82) is 0 Å². The topological polar surface area (TPSA) is 82.4 Å². The van der Waals surface area contributed by atoms with Gasteiger partial charge in [-0.15, -0.1) is 13.2 Å². The molecule has 1 amide bonds. The second-order valence-corrected chi connectivity index (χ2v) is 9.01. The van der Waals surface area contributed by atoms with Crippen LogP contribution in [-0.2, 0) is 14.9 Å². The van der Waals surface area contributed by atoms with Gasteiger partial charge < -0.3 is 14.8 Å². The molecular formula is C26H25F4N3O4. The number of ether oxygens (including phenoxy) is 2. The first-order valence-corrected chi connectivity index (χ1v) is 11.7. The number of nitrogens with one attached hydrogen (secondary N) is 1. The van der Waals surface area contributed by atoms with E-state index >= 15 is 4.39 Å². The minimum atomic E-state index is -4.82. The van der Waals surface area contributed by atoms with Crippen molar-refractivity contribution in [2.75, 3.05) is 11.9 Å². The number of carbonyl (C=O) groups excluding carboxylic acids is 2. The van der Waals surface area contributed by atoms with Crippen LogP contribution in [0.25, 0.3) is 11.1 Å². The number of benzene rings is 2. The van der Waals surface area contributed by atoms with Crippen molar-refractivity contribution in [2.24, 2.45) is 0 Å². The summed E-state index contributed by atoms with van der Waals surface area (Å²) >= 11 is 0. The number of aromatic nitrogens is 2. The fourth-order valence-electron chi connectivity index (χ4n) is 4.09. The number of amides is 1. The van der Waals surface area contributed by atoms with Gasteiger partial charge in [-0.3, -0.25) is 9.48 Å². The molecule has 37 heavy (non-hydrogen) atoms. The first-order chi connectivity index (χ1) is 17.4. The maximum Gasteiger partial charge on any atom is 0.573 e. The van der Waals surface area contributed by atoms with Gasteiger partial charge in [-0.25, -0.2) is 9.18 Å². The zero-order valence-electron chi connectivity index (χ0n) is 20.4. The highest BCUT2D eigenvalue weighted by Gasteiger charge is 2.51. The predicted octanol–water partition coefficient (Wildman–Crippen LogP) is 6.02. The molecule has 1 aliphatic rings. The molecule has 1 fully saturated rings. The van der Waals surface area contributed by atoms with Crippen LogP contribution in [0.4, 0.5) is 23.2 Å². The number of rotatable bonds is 8. The molecule has 7 nitrogen and oxygen atoms in total. The molecule has 1 heterocycles. The van der Waals surface area contributed by atoms with Gasteiger partial charge in [0, 0.05) is 29.1 Å². The van der Waals surface area contributed by atoms with E-state index < -0.39 is 35.2 Å². The molecule has 4 rings (SSSR count). The van der Waals surface area contributed by atoms with Crippen LogP contribution in [0, 0.1) is 5.82 Å². The largest absolute Gasteiger partial charge is 0.573 e. The summed E-state index contributed by atoms with van der Waals surface area (Å²) in [6.07, 6.45) is -0.841. The molecule has 0 unspecified atom stereocenters. The third kappa shape index (κ3) is 5.60. The molecule has 196 valence electrons. The maximum atomic E-state index is 15.4. The Balaban J connectivity index is 1.62. The summed E-state index contributed by atoms with van der Waals surface area (Å²) in [4.78, 5) is 25.9. The average molecular weight is 519 g/mol. The minimum Gasteiger partial charge on any atom is -0.462 e. The van der Waals surface area contributed by atoms with Crippen LogP contribution in [0.2, 0.25) is 0 Å². The van der Waals surface area contributed by atoms with Crippen LogP contribution in [0.1, 0.15) is 55.6 Å². The summed E-state index contributed by atoms with van der Waals surface area (Å²) in [6, 6.07) is 7.55. The van der Waals surface area contributed by atoms with E-state index in [0.29, 0.717) is 24.0 Å². The smallest absolute Gasteiger partial charge is 0.462 e. The van der Waals surface area contributed by atoms with Crippen molar-refractivity contribution in [2.45, 2.75) is 51.4 Å². The molecule has 1 aromatic heterocycles. The van der Waals surface area contributed by atoms with E-state index in [0.717, 1.165) is 18.2 Å². The summed E-state index contributed by atoms with van der Waals surface area (Å²) in [5, 5.41) is 6.86. The quantitative estimate of drug-likeness (QED) is 0.291. The van der Waals surface area contributed by atoms with Gasteiger partial charge in [-0.1, -0.05) is 12.1 Å². The molecule has 1 aliphatic carbocycles. The number of halogens is 4. The third-order valence-electron chi connectivity index (χ3n) is 6.09. The first kappa shape index (κ1) is 26.2. The van der Waals surface area contributed by atoms with Crippen molar-refractivity contribution in [3.05, 3.63) is 65.7 Å². The van der Waals surface area contributed by atoms with Crippen LogP contribution in [0.3, 0.4) is 0 Å². The average Bonchev–Trinajstić information content (AvgIpc) is 3.48. The van der Waals surface area contributed by atoms with E-state index in [9.17, 15) is 22.8 Å². The van der Waals surface area contributed by atoms with Crippen LogP contribution < -0.4 is 10.1 Å². The predicted molar refractivity (Wildman–Crippen MR) is 127 cm³/mol. The fraction of sp³-hybridized carbons (Fsp3) is 0.346. The number of anilines is 1. The maximum absolute atomic E-state index is 15.4. The van der Waals surface area contributed by atoms with E-state index in [1.165, 1.54) is 24.4 Å². The Kier molecular flexibility index (Phi) is 6.98. The molecule has 0 radical (unpaired) electrons. The molecule has 2 aromatic carbocycles. The van der Waals surface area contributed by atoms with E-state index in [1.54, 1.807) is 17.8 Å². The fourth-order valence-corrected chi connectivity index (χ4v) is 4.09. The lowest BCUT2D eigenvalue weighted by molar-refractivity contribution is -0.274. The van der Waals surface area contributed by atoms with Crippen molar-refractivity contribution < 1.29 is 36.6 Å². The van der Waals surface area contributed by atoms with E-state index in [1.807, 2.05) is 13.8 Å². The van der Waals surface area contributed by atoms with Crippen molar-refractivity contribution >= 4 is 17.6 Å². The van der Waals surface area contributed by atoms with Gasteiger partial charge in [0.05, 0.1) is 23.8 Å². The van der Waals surface area contributed by atoms with Crippen molar-refractivity contribution in [3.8, 4) is 16.9 Å². The van der Waals surface area contributed by atoms with Gasteiger partial charge in [0.2, 0.25) is 5.91 Å². The standard InChI is InChI=1S/C26H25F4N3O4/c1-4-36-23(34)20-11-18(12-21(27)22(20)16-13-31-33(14-16)15(2)3)32-24(35)25(9-10-25)17-5-7-19(8-6-17)37-26(28,29)30/h5-8,11-15H,4,9-10H2,1-3H3,(H,32,35). The molecule has 0 atom stereocenters.